The molecule has 0 fully saturated rings. The largest absolute Gasteiger partial charge is 0.421 e. The maximum atomic E-state index is 11.6. The topological polar surface area (TPSA) is 103 Å². The molecule has 0 radical (unpaired) electrons. The van der Waals surface area contributed by atoms with Crippen molar-refractivity contribution < 1.29 is 47.1 Å². The molecule has 0 aliphatic rings. The zero-order chi connectivity index (χ0) is 18.0. The van der Waals surface area contributed by atoms with Crippen LogP contribution in [0.2, 0.25) is 0 Å². The predicted molar refractivity (Wildman–Crippen MR) is 115 cm³/mol. The Morgan fingerprint density at radius 2 is 0.929 bits per heavy atom. The zero-order valence-electron chi connectivity index (χ0n) is 16.2. The fourth-order valence-corrected chi connectivity index (χ4v) is 5.72. The van der Waals surface area contributed by atoms with Crippen molar-refractivity contribution in [1.29, 1.82) is 0 Å². The van der Waals surface area contributed by atoms with Crippen molar-refractivity contribution in [3.63, 3.8) is 0 Å². The van der Waals surface area contributed by atoms with E-state index >= 15 is 0 Å². The Balaban J connectivity index is 0. The smallest absolute Gasteiger partial charge is 0.285 e. The van der Waals surface area contributed by atoms with Gasteiger partial charge in [-0.2, -0.15) is 0 Å². The summed E-state index contributed by atoms with van der Waals surface area (Å²) in [5.74, 6) is 0. The molecule has 0 unspecified atom stereocenters. The molecule has 4 nitrogen and oxygen atoms in total. The molecule has 0 aliphatic carbocycles. The van der Waals surface area contributed by atoms with Gasteiger partial charge in [0.2, 0.25) is 0 Å². The minimum absolute atomic E-state index is 0. The maximum absolute atomic E-state index is 11.6. The van der Waals surface area contributed by atoms with Crippen LogP contribution < -0.4 is 15.6 Å². The average molecular weight is 478 g/mol. The monoisotopic (exact) mass is 476 g/mol. The summed E-state index contributed by atoms with van der Waals surface area (Å²) in [6.07, 6.45) is 2.04. The minimum atomic E-state index is -2.88. The molecule has 0 spiro atoms. The second-order valence-electron chi connectivity index (χ2n) is 5.89. The molecule has 0 bridgehead atoms. The van der Waals surface area contributed by atoms with E-state index in [-0.39, 0.29) is 37.2 Å². The van der Waals surface area contributed by atoms with E-state index < -0.39 is 8.32 Å². The third kappa shape index (κ3) is 7.55. The SMILES string of the molecule is CCCCO.O.O.O[Si](c1ccccc1)(c1ccccc1)c1ccccc1.[Zr]. The van der Waals surface area contributed by atoms with Gasteiger partial charge in [0.05, 0.1) is 0 Å². The zero-order valence-corrected chi connectivity index (χ0v) is 19.6. The van der Waals surface area contributed by atoms with Gasteiger partial charge >= 0.3 is 0 Å². The van der Waals surface area contributed by atoms with E-state index in [1.54, 1.807) is 0 Å². The van der Waals surface area contributed by atoms with Gasteiger partial charge in [-0.15, -0.1) is 0 Å². The second kappa shape index (κ2) is 15.5. The quantitative estimate of drug-likeness (QED) is 0.419. The fourth-order valence-electron chi connectivity index (χ4n) is 2.70. The van der Waals surface area contributed by atoms with Crippen LogP contribution in [0.25, 0.3) is 0 Å². The van der Waals surface area contributed by atoms with Gasteiger partial charge in [0, 0.05) is 32.8 Å². The number of benzene rings is 3. The Morgan fingerprint density at radius 1 is 0.643 bits per heavy atom. The summed E-state index contributed by atoms with van der Waals surface area (Å²) in [4.78, 5) is 11.6. The Bertz CT molecular complexity index is 629. The average Bonchev–Trinajstić information content (AvgIpc) is 2.70. The van der Waals surface area contributed by atoms with Crippen LogP contribution in [-0.4, -0.2) is 35.8 Å². The van der Waals surface area contributed by atoms with Crippen LogP contribution in [-0.2, 0) is 26.2 Å². The van der Waals surface area contributed by atoms with Crippen molar-refractivity contribution >= 4 is 23.9 Å². The van der Waals surface area contributed by atoms with E-state index in [9.17, 15) is 4.80 Å². The van der Waals surface area contributed by atoms with Crippen LogP contribution in [0.3, 0.4) is 0 Å². The molecule has 28 heavy (non-hydrogen) atoms. The van der Waals surface area contributed by atoms with Crippen LogP contribution in [0.4, 0.5) is 0 Å². The van der Waals surface area contributed by atoms with Crippen LogP contribution in [0, 0.1) is 0 Å². The van der Waals surface area contributed by atoms with Crippen molar-refractivity contribution in [2.45, 2.75) is 19.8 Å². The van der Waals surface area contributed by atoms with Crippen molar-refractivity contribution in [1.82, 2.24) is 0 Å². The standard InChI is InChI=1S/C18H16OSi.C4H10O.2H2O.Zr/c19-20(16-10-4-1-5-11-16,17-12-6-2-7-13-17)18-14-8-3-9-15-18;1-2-3-4-5;;;/h1-15,19H;5H,2-4H2,1H3;2*1H2;. The molecule has 0 amide bonds. The van der Waals surface area contributed by atoms with Gasteiger partial charge in [-0.05, 0) is 22.0 Å². The Labute approximate surface area is 187 Å². The van der Waals surface area contributed by atoms with Gasteiger partial charge in [-0.1, -0.05) is 104 Å². The third-order valence-corrected chi connectivity index (χ3v) is 7.59. The van der Waals surface area contributed by atoms with Gasteiger partial charge in [0.15, 0.2) is 0 Å². The molecule has 0 saturated carbocycles. The first-order valence-electron chi connectivity index (χ1n) is 8.73. The van der Waals surface area contributed by atoms with Gasteiger partial charge in [0.1, 0.15) is 0 Å². The van der Waals surface area contributed by atoms with Crippen LogP contribution in [0.1, 0.15) is 19.8 Å². The maximum Gasteiger partial charge on any atom is 0.285 e. The van der Waals surface area contributed by atoms with Crippen LogP contribution in [0.5, 0.6) is 0 Å². The van der Waals surface area contributed by atoms with Gasteiger partial charge in [-0.3, -0.25) is 0 Å². The molecule has 6 heteroatoms. The number of aliphatic hydroxyl groups is 1. The summed E-state index contributed by atoms with van der Waals surface area (Å²) >= 11 is 0. The fraction of sp³-hybridized carbons (Fsp3) is 0.182. The molecule has 0 aliphatic heterocycles. The van der Waals surface area contributed by atoms with E-state index in [1.165, 1.54) is 0 Å². The van der Waals surface area contributed by atoms with Gasteiger partial charge in [-0.25, -0.2) is 0 Å². The van der Waals surface area contributed by atoms with E-state index in [0.29, 0.717) is 6.61 Å². The molecule has 0 heterocycles. The summed E-state index contributed by atoms with van der Waals surface area (Å²) in [5, 5.41) is 11.1. The number of unbranched alkanes of at least 4 members (excludes halogenated alkanes) is 1. The predicted octanol–water partition coefficient (Wildman–Crippen LogP) is 0.773. The van der Waals surface area contributed by atoms with Gasteiger partial charge in [0.25, 0.3) is 8.32 Å². The summed E-state index contributed by atoms with van der Waals surface area (Å²) in [6.45, 7) is 2.40. The van der Waals surface area contributed by atoms with Crippen molar-refractivity contribution in [3.05, 3.63) is 91.0 Å². The van der Waals surface area contributed by atoms with Crippen molar-refractivity contribution in [2.75, 3.05) is 6.61 Å². The third-order valence-electron chi connectivity index (χ3n) is 4.09. The van der Waals surface area contributed by atoms with Crippen molar-refractivity contribution in [2.24, 2.45) is 0 Å². The Kier molecular flexibility index (Phi) is 16.0. The molecule has 150 valence electrons. The Morgan fingerprint density at radius 3 is 1.11 bits per heavy atom. The number of aliphatic hydroxyl groups excluding tert-OH is 1. The van der Waals surface area contributed by atoms with Crippen LogP contribution >= 0.6 is 0 Å². The molecule has 0 atom stereocenters. The first-order valence-corrected chi connectivity index (χ1v) is 10.7. The summed E-state index contributed by atoms with van der Waals surface area (Å²) in [5.41, 5.74) is 0. The molecular weight excluding hydrogens is 448 g/mol. The molecular formula is C22H30O4SiZr. The number of hydrogen-bond donors (Lipinski definition) is 2. The van der Waals surface area contributed by atoms with Crippen molar-refractivity contribution in [3.8, 4) is 0 Å². The normalized spacial score (nSPS) is 9.54. The minimum Gasteiger partial charge on any atom is -0.421 e. The molecule has 3 aromatic carbocycles. The number of hydrogen-bond acceptors (Lipinski definition) is 2. The van der Waals surface area contributed by atoms with E-state index in [2.05, 4.69) is 6.92 Å². The van der Waals surface area contributed by atoms with E-state index in [4.69, 9.17) is 5.11 Å². The molecule has 3 rings (SSSR count). The second-order valence-corrected chi connectivity index (χ2v) is 9.04. The summed E-state index contributed by atoms with van der Waals surface area (Å²) < 4.78 is 0. The molecule has 0 saturated heterocycles. The van der Waals surface area contributed by atoms with Gasteiger partial charge < -0.3 is 20.9 Å². The summed E-state index contributed by atoms with van der Waals surface area (Å²) in [6, 6.07) is 30.0. The molecule has 0 aromatic heterocycles. The number of rotatable bonds is 5. The molecule has 3 aromatic rings. The van der Waals surface area contributed by atoms with E-state index in [1.807, 2.05) is 91.0 Å². The van der Waals surface area contributed by atoms with E-state index in [0.717, 1.165) is 28.4 Å². The first-order chi connectivity index (χ1) is 12.2. The first kappa shape index (κ1) is 28.8. The van der Waals surface area contributed by atoms with Crippen LogP contribution in [0.15, 0.2) is 91.0 Å². The Hall–Kier alpha value is -1.40. The molecule has 6 N–H and O–H groups in total. The summed E-state index contributed by atoms with van der Waals surface area (Å²) in [7, 11) is -2.88.